The smallest absolute Gasteiger partial charge is 0.303 e. The lowest BCUT2D eigenvalue weighted by molar-refractivity contribution is -0.136. The number of ether oxygens (including phenoxy) is 3. The summed E-state index contributed by atoms with van der Waals surface area (Å²) in [4.78, 5) is 10.6. The van der Waals surface area contributed by atoms with Gasteiger partial charge in [0.05, 0.1) is 20.8 Å². The molecular weight excluding hydrogens is 248 g/mol. The fraction of sp³-hybridized carbons (Fsp3) is 0.500. The van der Waals surface area contributed by atoms with E-state index in [4.69, 9.17) is 19.3 Å². The zero-order chi connectivity index (χ0) is 14.3. The topological polar surface area (TPSA) is 65.0 Å². The molecule has 0 aliphatic carbocycles. The molecule has 0 heterocycles. The van der Waals surface area contributed by atoms with Crippen LogP contribution in [0.3, 0.4) is 0 Å². The van der Waals surface area contributed by atoms with E-state index in [2.05, 4.69) is 0 Å². The highest BCUT2D eigenvalue weighted by atomic mass is 16.5. The summed E-state index contributed by atoms with van der Waals surface area (Å²) in [6.45, 7) is 2.58. The standard InChI is InChI=1S/C14H20O5/c1-4-7-19-14-11(17-2)8-10(5-6-13(15)16)9-12(14)18-3/h8-9H,4-7H2,1-3H3,(H,15,16). The minimum absolute atomic E-state index is 0.0709. The fourth-order valence-electron chi connectivity index (χ4n) is 1.68. The number of benzene rings is 1. The number of hydrogen-bond acceptors (Lipinski definition) is 4. The van der Waals surface area contributed by atoms with Crippen LogP contribution in [-0.2, 0) is 11.2 Å². The van der Waals surface area contributed by atoms with Crippen LogP contribution >= 0.6 is 0 Å². The van der Waals surface area contributed by atoms with Gasteiger partial charge in [0, 0.05) is 6.42 Å². The quantitative estimate of drug-likeness (QED) is 0.784. The monoisotopic (exact) mass is 268 g/mol. The average Bonchev–Trinajstić information content (AvgIpc) is 2.42. The first-order valence-electron chi connectivity index (χ1n) is 6.21. The molecule has 0 amide bonds. The van der Waals surface area contributed by atoms with Crippen molar-refractivity contribution in [3.63, 3.8) is 0 Å². The van der Waals surface area contributed by atoms with Crippen LogP contribution in [0.5, 0.6) is 17.2 Å². The minimum atomic E-state index is -0.829. The van der Waals surface area contributed by atoms with E-state index < -0.39 is 5.97 Å². The Hall–Kier alpha value is -1.91. The second-order valence-corrected chi connectivity index (χ2v) is 4.07. The van der Waals surface area contributed by atoms with Crippen molar-refractivity contribution in [1.29, 1.82) is 0 Å². The van der Waals surface area contributed by atoms with Gasteiger partial charge >= 0.3 is 5.97 Å². The third-order valence-electron chi connectivity index (χ3n) is 2.60. The number of methoxy groups -OCH3 is 2. The molecule has 0 atom stereocenters. The van der Waals surface area contributed by atoms with Gasteiger partial charge in [-0.15, -0.1) is 0 Å². The van der Waals surface area contributed by atoms with Crippen molar-refractivity contribution >= 4 is 5.97 Å². The SMILES string of the molecule is CCCOc1c(OC)cc(CCC(=O)O)cc1OC. The van der Waals surface area contributed by atoms with E-state index in [1.165, 1.54) is 0 Å². The summed E-state index contributed by atoms with van der Waals surface area (Å²) in [6.07, 6.45) is 1.38. The van der Waals surface area contributed by atoms with Gasteiger partial charge in [-0.1, -0.05) is 6.92 Å². The normalized spacial score (nSPS) is 10.1. The molecule has 0 radical (unpaired) electrons. The summed E-state index contributed by atoms with van der Waals surface area (Å²) in [5.74, 6) is 0.858. The predicted molar refractivity (Wildman–Crippen MR) is 71.3 cm³/mol. The Morgan fingerprint density at radius 2 is 1.79 bits per heavy atom. The Bertz CT molecular complexity index is 403. The Morgan fingerprint density at radius 1 is 1.21 bits per heavy atom. The highest BCUT2D eigenvalue weighted by molar-refractivity contribution is 5.67. The van der Waals surface area contributed by atoms with Crippen molar-refractivity contribution in [2.45, 2.75) is 26.2 Å². The van der Waals surface area contributed by atoms with Crippen molar-refractivity contribution in [3.05, 3.63) is 17.7 Å². The van der Waals surface area contributed by atoms with Gasteiger partial charge in [0.2, 0.25) is 5.75 Å². The van der Waals surface area contributed by atoms with Gasteiger partial charge in [-0.2, -0.15) is 0 Å². The Balaban J connectivity index is 3.01. The van der Waals surface area contributed by atoms with Crippen molar-refractivity contribution in [2.24, 2.45) is 0 Å². The van der Waals surface area contributed by atoms with Gasteiger partial charge in [-0.3, -0.25) is 4.79 Å². The summed E-state index contributed by atoms with van der Waals surface area (Å²) in [6, 6.07) is 3.58. The Labute approximate surface area is 113 Å². The lowest BCUT2D eigenvalue weighted by atomic mass is 10.1. The second kappa shape index (κ2) is 7.51. The van der Waals surface area contributed by atoms with Crippen molar-refractivity contribution in [2.75, 3.05) is 20.8 Å². The van der Waals surface area contributed by atoms with Gasteiger partial charge in [0.1, 0.15) is 0 Å². The summed E-state index contributed by atoms with van der Waals surface area (Å²) >= 11 is 0. The molecule has 19 heavy (non-hydrogen) atoms. The lowest BCUT2D eigenvalue weighted by Gasteiger charge is -2.15. The van der Waals surface area contributed by atoms with Gasteiger partial charge in [-0.05, 0) is 30.5 Å². The molecule has 1 aromatic carbocycles. The third kappa shape index (κ3) is 4.35. The molecule has 0 aliphatic heterocycles. The van der Waals surface area contributed by atoms with Gasteiger partial charge in [0.25, 0.3) is 0 Å². The van der Waals surface area contributed by atoms with Gasteiger partial charge < -0.3 is 19.3 Å². The molecule has 0 aliphatic rings. The number of rotatable bonds is 8. The van der Waals surface area contributed by atoms with E-state index in [-0.39, 0.29) is 6.42 Å². The summed E-state index contributed by atoms with van der Waals surface area (Å²) < 4.78 is 16.2. The van der Waals surface area contributed by atoms with Crippen LogP contribution in [0, 0.1) is 0 Å². The van der Waals surface area contributed by atoms with Crippen LogP contribution in [0.25, 0.3) is 0 Å². The van der Waals surface area contributed by atoms with Crippen molar-refractivity contribution < 1.29 is 24.1 Å². The van der Waals surface area contributed by atoms with E-state index >= 15 is 0 Å². The maximum atomic E-state index is 10.6. The van der Waals surface area contributed by atoms with E-state index in [1.54, 1.807) is 26.4 Å². The highest BCUT2D eigenvalue weighted by Crippen LogP contribution is 2.38. The Morgan fingerprint density at radius 3 is 2.21 bits per heavy atom. The number of carboxylic acid groups (broad SMARTS) is 1. The molecular formula is C14H20O5. The molecule has 1 N–H and O–H groups in total. The van der Waals surface area contributed by atoms with E-state index in [0.717, 1.165) is 12.0 Å². The van der Waals surface area contributed by atoms with Crippen LogP contribution in [0.4, 0.5) is 0 Å². The zero-order valence-corrected chi connectivity index (χ0v) is 11.6. The summed E-state index contributed by atoms with van der Waals surface area (Å²) in [7, 11) is 3.10. The minimum Gasteiger partial charge on any atom is -0.493 e. The fourth-order valence-corrected chi connectivity index (χ4v) is 1.68. The van der Waals surface area contributed by atoms with E-state index in [9.17, 15) is 4.79 Å². The number of carboxylic acids is 1. The molecule has 106 valence electrons. The molecule has 0 unspecified atom stereocenters. The van der Waals surface area contributed by atoms with Gasteiger partial charge in [0.15, 0.2) is 11.5 Å². The Kier molecular flexibility index (Phi) is 5.99. The average molecular weight is 268 g/mol. The van der Waals surface area contributed by atoms with Crippen LogP contribution in [0.15, 0.2) is 12.1 Å². The van der Waals surface area contributed by atoms with Crippen LogP contribution in [0.2, 0.25) is 0 Å². The predicted octanol–water partition coefficient (Wildman–Crippen LogP) is 2.51. The van der Waals surface area contributed by atoms with Crippen molar-refractivity contribution in [1.82, 2.24) is 0 Å². The molecule has 0 aromatic heterocycles. The number of hydrogen-bond donors (Lipinski definition) is 1. The molecule has 0 saturated heterocycles. The molecule has 5 heteroatoms. The highest BCUT2D eigenvalue weighted by Gasteiger charge is 2.14. The largest absolute Gasteiger partial charge is 0.493 e. The number of carbonyl (C=O) groups is 1. The van der Waals surface area contributed by atoms with Crippen LogP contribution in [-0.4, -0.2) is 31.9 Å². The summed E-state index contributed by atoms with van der Waals surface area (Å²) in [5, 5.41) is 8.71. The maximum Gasteiger partial charge on any atom is 0.303 e. The van der Waals surface area contributed by atoms with E-state index in [1.807, 2.05) is 6.92 Å². The molecule has 0 bridgehead atoms. The number of aryl methyl sites for hydroxylation is 1. The first-order valence-corrected chi connectivity index (χ1v) is 6.21. The van der Waals surface area contributed by atoms with Crippen LogP contribution in [0.1, 0.15) is 25.3 Å². The zero-order valence-electron chi connectivity index (χ0n) is 11.6. The maximum absolute atomic E-state index is 10.6. The third-order valence-corrected chi connectivity index (χ3v) is 2.60. The number of aliphatic carboxylic acids is 1. The molecule has 5 nitrogen and oxygen atoms in total. The first kappa shape index (κ1) is 15.1. The molecule has 0 spiro atoms. The second-order valence-electron chi connectivity index (χ2n) is 4.07. The van der Waals surface area contributed by atoms with Gasteiger partial charge in [-0.25, -0.2) is 0 Å². The molecule has 0 saturated carbocycles. The van der Waals surface area contributed by atoms with E-state index in [0.29, 0.717) is 30.3 Å². The molecule has 1 rings (SSSR count). The van der Waals surface area contributed by atoms with Crippen LogP contribution < -0.4 is 14.2 Å². The van der Waals surface area contributed by atoms with Crippen molar-refractivity contribution in [3.8, 4) is 17.2 Å². The lowest BCUT2D eigenvalue weighted by Crippen LogP contribution is -2.03. The summed E-state index contributed by atoms with van der Waals surface area (Å²) in [5.41, 5.74) is 0.847. The molecule has 1 aromatic rings. The molecule has 0 fully saturated rings. The first-order chi connectivity index (χ1) is 9.12.